The maximum atomic E-state index is 6.41. The van der Waals surface area contributed by atoms with E-state index in [0.717, 1.165) is 61.1 Å². The summed E-state index contributed by atoms with van der Waals surface area (Å²) >= 11 is 6.41. The third kappa shape index (κ3) is 5.69. The van der Waals surface area contributed by atoms with Crippen LogP contribution in [0, 0.1) is 0 Å². The molecule has 0 unspecified atom stereocenters. The fraction of sp³-hybridized carbons (Fsp3) is 0.500. The lowest BCUT2D eigenvalue weighted by Gasteiger charge is -2.36. The summed E-state index contributed by atoms with van der Waals surface area (Å²) in [5.74, 6) is 1.58. The van der Waals surface area contributed by atoms with Gasteiger partial charge in [-0.05, 0) is 48.0 Å². The lowest BCUT2D eigenvalue weighted by Crippen LogP contribution is -2.43. The quantitative estimate of drug-likeness (QED) is 0.511. The van der Waals surface area contributed by atoms with Gasteiger partial charge in [-0.3, -0.25) is 4.90 Å². The molecule has 1 N–H and O–H groups in total. The van der Waals surface area contributed by atoms with Crippen LogP contribution in [-0.2, 0) is 4.43 Å². The molecule has 0 fully saturated rings. The summed E-state index contributed by atoms with van der Waals surface area (Å²) in [4.78, 5) is 7.18. The Bertz CT molecular complexity index is 1110. The second-order valence-corrected chi connectivity index (χ2v) is 15.3. The molecule has 1 aliphatic heterocycles. The fourth-order valence-electron chi connectivity index (χ4n) is 3.59. The maximum Gasteiger partial charge on any atom is 0.192 e. The summed E-state index contributed by atoms with van der Waals surface area (Å²) < 4.78 is 14.3. The zero-order valence-electron chi connectivity index (χ0n) is 20.2. The number of aromatic nitrogens is 3. The van der Waals surface area contributed by atoms with Crippen molar-refractivity contribution in [2.45, 2.75) is 38.9 Å². The zero-order valence-corrected chi connectivity index (χ0v) is 21.9. The standard InChI is InChI=1S/C24H34ClN5O2Si/c1-24(2,3)33(4,5)32-13-11-29-9-7-26-22-6-8-30-23(28-22)21(17-27-30)18-14-19(25)16-20(15-18)31-12-10-29/h6,8,14-17H,7,9-13H2,1-5H3,(H,26,28). The van der Waals surface area contributed by atoms with E-state index in [9.17, 15) is 0 Å². The lowest BCUT2D eigenvalue weighted by molar-refractivity contribution is 0.174. The number of nitrogens with one attached hydrogen (secondary N) is 1. The molecule has 3 aromatic rings. The van der Waals surface area contributed by atoms with Gasteiger partial charge in [0.15, 0.2) is 14.0 Å². The van der Waals surface area contributed by atoms with E-state index in [1.165, 1.54) is 0 Å². The van der Waals surface area contributed by atoms with Crippen LogP contribution in [0.15, 0.2) is 36.7 Å². The first-order valence-electron chi connectivity index (χ1n) is 11.5. The Labute approximate surface area is 202 Å². The van der Waals surface area contributed by atoms with E-state index in [-0.39, 0.29) is 5.04 Å². The fourth-order valence-corrected chi connectivity index (χ4v) is 4.85. The van der Waals surface area contributed by atoms with E-state index in [0.29, 0.717) is 11.6 Å². The molecule has 2 aromatic heterocycles. The first-order valence-corrected chi connectivity index (χ1v) is 14.8. The van der Waals surface area contributed by atoms with Crippen LogP contribution in [0.2, 0.25) is 23.2 Å². The molecule has 0 amide bonds. The zero-order chi connectivity index (χ0) is 23.6. The van der Waals surface area contributed by atoms with Crippen LogP contribution < -0.4 is 10.1 Å². The highest BCUT2D eigenvalue weighted by atomic mass is 35.5. The Morgan fingerprint density at radius 1 is 1.21 bits per heavy atom. The normalized spacial score (nSPS) is 15.8. The van der Waals surface area contributed by atoms with Crippen molar-refractivity contribution in [3.8, 4) is 16.9 Å². The molecular formula is C24H34ClN5O2Si. The molecule has 178 valence electrons. The van der Waals surface area contributed by atoms with Crippen LogP contribution in [0.4, 0.5) is 5.82 Å². The lowest BCUT2D eigenvalue weighted by atomic mass is 10.1. The molecule has 4 bridgehead atoms. The topological polar surface area (TPSA) is 63.9 Å². The molecular weight excluding hydrogens is 454 g/mol. The minimum Gasteiger partial charge on any atom is -0.492 e. The molecule has 0 radical (unpaired) electrons. The Kier molecular flexibility index (Phi) is 7.00. The van der Waals surface area contributed by atoms with Gasteiger partial charge in [-0.25, -0.2) is 9.50 Å². The average molecular weight is 488 g/mol. The van der Waals surface area contributed by atoms with Crippen molar-refractivity contribution >= 4 is 31.4 Å². The van der Waals surface area contributed by atoms with Gasteiger partial charge >= 0.3 is 0 Å². The molecule has 4 rings (SSSR count). The minimum atomic E-state index is -1.77. The molecule has 0 atom stereocenters. The van der Waals surface area contributed by atoms with Crippen LogP contribution in [0.3, 0.4) is 0 Å². The predicted molar refractivity (Wildman–Crippen MR) is 137 cm³/mol. The molecule has 1 aromatic carbocycles. The summed E-state index contributed by atoms with van der Waals surface area (Å²) in [6, 6.07) is 7.73. The number of rotatable bonds is 4. The van der Waals surface area contributed by atoms with E-state index in [2.05, 4.69) is 49.2 Å². The molecule has 0 saturated heterocycles. The molecule has 9 heteroatoms. The summed E-state index contributed by atoms with van der Waals surface area (Å²) in [7, 11) is -1.77. The number of fused-ring (bicyclic) bond motifs is 4. The number of halogens is 1. The third-order valence-electron chi connectivity index (χ3n) is 6.64. The van der Waals surface area contributed by atoms with Crippen molar-refractivity contribution in [3.63, 3.8) is 0 Å². The maximum absolute atomic E-state index is 6.41. The number of ether oxygens (including phenoxy) is 1. The number of hydrogen-bond acceptors (Lipinski definition) is 6. The van der Waals surface area contributed by atoms with Crippen LogP contribution >= 0.6 is 11.6 Å². The predicted octanol–water partition coefficient (Wildman–Crippen LogP) is 5.18. The van der Waals surface area contributed by atoms with Gasteiger partial charge in [-0.1, -0.05) is 32.4 Å². The van der Waals surface area contributed by atoms with Gasteiger partial charge in [0.25, 0.3) is 0 Å². The van der Waals surface area contributed by atoms with Gasteiger partial charge in [0, 0.05) is 49.6 Å². The van der Waals surface area contributed by atoms with Crippen molar-refractivity contribution in [1.29, 1.82) is 0 Å². The van der Waals surface area contributed by atoms with Crippen LogP contribution in [0.1, 0.15) is 20.8 Å². The van der Waals surface area contributed by atoms with Gasteiger partial charge in [-0.2, -0.15) is 5.10 Å². The Morgan fingerprint density at radius 3 is 2.82 bits per heavy atom. The van der Waals surface area contributed by atoms with Crippen molar-refractivity contribution in [1.82, 2.24) is 19.5 Å². The number of anilines is 1. The molecule has 3 heterocycles. The van der Waals surface area contributed by atoms with Gasteiger partial charge in [-0.15, -0.1) is 0 Å². The highest BCUT2D eigenvalue weighted by Crippen LogP contribution is 2.36. The first kappa shape index (κ1) is 24.0. The van der Waals surface area contributed by atoms with E-state index in [4.69, 9.17) is 25.7 Å². The Balaban J connectivity index is 1.53. The Morgan fingerprint density at radius 2 is 2.03 bits per heavy atom. The van der Waals surface area contributed by atoms with Crippen molar-refractivity contribution in [2.75, 3.05) is 44.7 Å². The van der Waals surface area contributed by atoms with Gasteiger partial charge in [0.05, 0.1) is 6.20 Å². The van der Waals surface area contributed by atoms with E-state index >= 15 is 0 Å². The molecule has 1 aliphatic rings. The monoisotopic (exact) mass is 487 g/mol. The van der Waals surface area contributed by atoms with Gasteiger partial charge < -0.3 is 14.5 Å². The van der Waals surface area contributed by atoms with Crippen LogP contribution in [0.5, 0.6) is 5.75 Å². The second-order valence-electron chi connectivity index (χ2n) is 10.0. The summed E-state index contributed by atoms with van der Waals surface area (Å²) in [5.41, 5.74) is 2.64. The number of hydrogen-bond donors (Lipinski definition) is 1. The average Bonchev–Trinajstić information content (AvgIpc) is 3.15. The summed E-state index contributed by atoms with van der Waals surface area (Å²) in [6.45, 7) is 16.0. The SMILES string of the molecule is CC(C)(C)[Si](C)(C)OCCN1CCNc2ccn3ncc(c3n2)-c2cc(Cl)cc(c2)OCC1. The molecule has 33 heavy (non-hydrogen) atoms. The first-order chi connectivity index (χ1) is 15.6. The number of nitrogens with zero attached hydrogens (tertiary/aromatic N) is 4. The molecule has 0 saturated carbocycles. The largest absolute Gasteiger partial charge is 0.492 e. The van der Waals surface area contributed by atoms with Crippen LogP contribution in [0.25, 0.3) is 16.8 Å². The highest BCUT2D eigenvalue weighted by molar-refractivity contribution is 6.74. The number of benzene rings is 1. The van der Waals surface area contributed by atoms with E-state index < -0.39 is 8.32 Å². The van der Waals surface area contributed by atoms with Crippen molar-refractivity contribution < 1.29 is 9.16 Å². The second kappa shape index (κ2) is 9.62. The smallest absolute Gasteiger partial charge is 0.192 e. The van der Waals surface area contributed by atoms with Crippen molar-refractivity contribution in [2.24, 2.45) is 0 Å². The molecule has 0 spiro atoms. The van der Waals surface area contributed by atoms with Gasteiger partial charge in [0.1, 0.15) is 18.2 Å². The van der Waals surface area contributed by atoms with E-state index in [1.54, 1.807) is 4.52 Å². The summed E-state index contributed by atoms with van der Waals surface area (Å²) in [5, 5.41) is 8.73. The van der Waals surface area contributed by atoms with Gasteiger partial charge in [0.2, 0.25) is 0 Å². The van der Waals surface area contributed by atoms with Crippen molar-refractivity contribution in [3.05, 3.63) is 41.7 Å². The van der Waals surface area contributed by atoms with E-state index in [1.807, 2.05) is 36.7 Å². The third-order valence-corrected chi connectivity index (χ3v) is 11.4. The molecule has 0 aliphatic carbocycles. The highest BCUT2D eigenvalue weighted by Gasteiger charge is 2.37. The van der Waals surface area contributed by atoms with Crippen LogP contribution in [-0.4, -0.2) is 67.2 Å². The minimum absolute atomic E-state index is 0.206. The Hall–Kier alpha value is -2.13. The summed E-state index contributed by atoms with van der Waals surface area (Å²) in [6.07, 6.45) is 3.74. The molecule has 7 nitrogen and oxygen atoms in total.